The van der Waals surface area contributed by atoms with E-state index in [-0.39, 0.29) is 18.1 Å². The van der Waals surface area contributed by atoms with Crippen LogP contribution in [0.4, 0.5) is 0 Å². The van der Waals surface area contributed by atoms with Gasteiger partial charge in [-0.15, -0.1) is 0 Å². The molecule has 0 N–H and O–H groups in total. The first-order valence-corrected chi connectivity index (χ1v) is 8.16. The maximum Gasteiger partial charge on any atom is 0.254 e. The predicted octanol–water partition coefficient (Wildman–Crippen LogP) is 3.47. The van der Waals surface area contributed by atoms with E-state index < -0.39 is 0 Å². The third-order valence-electron chi connectivity index (χ3n) is 4.37. The van der Waals surface area contributed by atoms with Gasteiger partial charge in [-0.25, -0.2) is 0 Å². The molecule has 3 nitrogen and oxygen atoms in total. The van der Waals surface area contributed by atoms with Gasteiger partial charge in [0.2, 0.25) is 0 Å². The van der Waals surface area contributed by atoms with Gasteiger partial charge in [-0.2, -0.15) is 0 Å². The first-order valence-electron chi connectivity index (χ1n) is 8.16. The van der Waals surface area contributed by atoms with Crippen LogP contribution in [-0.2, 0) is 11.2 Å². The fourth-order valence-corrected chi connectivity index (χ4v) is 2.96. The Morgan fingerprint density at radius 2 is 1.83 bits per heavy atom. The van der Waals surface area contributed by atoms with Crippen molar-refractivity contribution < 1.29 is 9.53 Å². The van der Waals surface area contributed by atoms with Crippen LogP contribution in [0.1, 0.15) is 28.4 Å². The van der Waals surface area contributed by atoms with E-state index in [0.29, 0.717) is 13.2 Å². The van der Waals surface area contributed by atoms with Gasteiger partial charge in [0.15, 0.2) is 0 Å². The number of aryl methyl sites for hydroxylation is 1. The fraction of sp³-hybridized carbons (Fsp3) is 0.350. The molecule has 0 spiro atoms. The standard InChI is InChI=1S/C20H23NO2/c1-15-8-10-18(11-9-15)20(22)21-13-19(23-14-16(21)2)12-17-6-4-3-5-7-17/h3-11,16,19H,12-14H2,1-2H3. The second kappa shape index (κ2) is 6.97. The molecule has 3 heteroatoms. The lowest BCUT2D eigenvalue weighted by Crippen LogP contribution is -2.51. The highest BCUT2D eigenvalue weighted by molar-refractivity contribution is 5.94. The van der Waals surface area contributed by atoms with Gasteiger partial charge in [0.25, 0.3) is 5.91 Å². The quantitative estimate of drug-likeness (QED) is 0.869. The number of amides is 1. The number of nitrogens with zero attached hydrogens (tertiary/aromatic N) is 1. The molecule has 0 aliphatic carbocycles. The lowest BCUT2D eigenvalue weighted by Gasteiger charge is -2.38. The number of benzene rings is 2. The molecule has 1 fully saturated rings. The van der Waals surface area contributed by atoms with Crippen molar-refractivity contribution in [3.8, 4) is 0 Å². The van der Waals surface area contributed by atoms with Crippen molar-refractivity contribution in [2.45, 2.75) is 32.4 Å². The zero-order valence-corrected chi connectivity index (χ0v) is 13.7. The number of rotatable bonds is 3. The van der Waals surface area contributed by atoms with Crippen LogP contribution in [-0.4, -0.2) is 36.1 Å². The molecule has 0 saturated carbocycles. The third kappa shape index (κ3) is 3.80. The van der Waals surface area contributed by atoms with Gasteiger partial charge in [0.1, 0.15) is 0 Å². The molecule has 23 heavy (non-hydrogen) atoms. The van der Waals surface area contributed by atoms with Crippen LogP contribution in [0.3, 0.4) is 0 Å². The van der Waals surface area contributed by atoms with Crippen molar-refractivity contribution in [2.75, 3.05) is 13.2 Å². The molecule has 2 unspecified atom stereocenters. The van der Waals surface area contributed by atoms with E-state index in [9.17, 15) is 4.79 Å². The Bertz CT molecular complexity index is 651. The molecule has 0 bridgehead atoms. The molecular weight excluding hydrogens is 286 g/mol. The van der Waals surface area contributed by atoms with Crippen molar-refractivity contribution in [3.63, 3.8) is 0 Å². The van der Waals surface area contributed by atoms with E-state index in [4.69, 9.17) is 4.74 Å². The Morgan fingerprint density at radius 1 is 1.13 bits per heavy atom. The summed E-state index contributed by atoms with van der Waals surface area (Å²) in [6, 6.07) is 18.2. The van der Waals surface area contributed by atoms with Crippen LogP contribution in [0.5, 0.6) is 0 Å². The summed E-state index contributed by atoms with van der Waals surface area (Å²) in [6.07, 6.45) is 0.897. The predicted molar refractivity (Wildman–Crippen MR) is 91.6 cm³/mol. The van der Waals surface area contributed by atoms with Crippen molar-refractivity contribution in [1.82, 2.24) is 4.90 Å². The number of carbonyl (C=O) groups excluding carboxylic acids is 1. The second-order valence-electron chi connectivity index (χ2n) is 6.32. The average molecular weight is 309 g/mol. The van der Waals surface area contributed by atoms with E-state index in [2.05, 4.69) is 12.1 Å². The molecular formula is C20H23NO2. The molecule has 120 valence electrons. The van der Waals surface area contributed by atoms with Gasteiger partial charge in [-0.3, -0.25) is 4.79 Å². The summed E-state index contributed by atoms with van der Waals surface area (Å²) >= 11 is 0. The first-order chi connectivity index (χ1) is 11.1. The van der Waals surface area contributed by atoms with Crippen LogP contribution >= 0.6 is 0 Å². The Balaban J connectivity index is 1.70. The SMILES string of the molecule is Cc1ccc(C(=O)N2CC(Cc3ccccc3)OCC2C)cc1. The molecule has 0 radical (unpaired) electrons. The minimum Gasteiger partial charge on any atom is -0.374 e. The lowest BCUT2D eigenvalue weighted by molar-refractivity contribution is -0.0464. The summed E-state index contributed by atoms with van der Waals surface area (Å²) in [5.74, 6) is 0.0962. The molecule has 1 saturated heterocycles. The monoisotopic (exact) mass is 309 g/mol. The highest BCUT2D eigenvalue weighted by Crippen LogP contribution is 2.18. The minimum absolute atomic E-state index is 0.0583. The average Bonchev–Trinajstić information content (AvgIpc) is 2.58. The van der Waals surface area contributed by atoms with E-state index in [1.54, 1.807) is 0 Å². The van der Waals surface area contributed by atoms with Crippen molar-refractivity contribution in [3.05, 3.63) is 71.3 Å². The van der Waals surface area contributed by atoms with Crippen LogP contribution in [0.2, 0.25) is 0 Å². The molecule has 2 aromatic rings. The molecule has 1 heterocycles. The highest BCUT2D eigenvalue weighted by Gasteiger charge is 2.30. The van der Waals surface area contributed by atoms with E-state index in [1.165, 1.54) is 11.1 Å². The Labute approximate surface area is 137 Å². The van der Waals surface area contributed by atoms with Gasteiger partial charge in [-0.1, -0.05) is 48.0 Å². The molecule has 1 amide bonds. The number of hydrogen-bond donors (Lipinski definition) is 0. The highest BCUT2D eigenvalue weighted by atomic mass is 16.5. The summed E-state index contributed by atoms with van der Waals surface area (Å²) in [4.78, 5) is 14.7. The van der Waals surface area contributed by atoms with Crippen LogP contribution < -0.4 is 0 Å². The van der Waals surface area contributed by atoms with Gasteiger partial charge in [0.05, 0.1) is 18.8 Å². The smallest absolute Gasteiger partial charge is 0.254 e. The lowest BCUT2D eigenvalue weighted by atomic mass is 10.0. The van der Waals surface area contributed by atoms with Crippen molar-refractivity contribution in [1.29, 1.82) is 0 Å². The molecule has 2 aromatic carbocycles. The summed E-state index contributed by atoms with van der Waals surface area (Å²) < 4.78 is 5.94. The van der Waals surface area contributed by atoms with Gasteiger partial charge >= 0.3 is 0 Å². The maximum atomic E-state index is 12.8. The molecule has 2 atom stereocenters. The molecule has 3 rings (SSSR count). The normalized spacial score (nSPS) is 21.2. The van der Waals surface area contributed by atoms with Crippen molar-refractivity contribution >= 4 is 5.91 Å². The second-order valence-corrected chi connectivity index (χ2v) is 6.32. The maximum absolute atomic E-state index is 12.8. The van der Waals surface area contributed by atoms with E-state index in [0.717, 1.165) is 12.0 Å². The summed E-state index contributed by atoms with van der Waals surface area (Å²) in [5, 5.41) is 0. The molecule has 0 aromatic heterocycles. The Kier molecular flexibility index (Phi) is 4.77. The topological polar surface area (TPSA) is 29.5 Å². The van der Waals surface area contributed by atoms with Crippen LogP contribution in [0, 0.1) is 6.92 Å². The summed E-state index contributed by atoms with van der Waals surface area (Å²) in [5.41, 5.74) is 3.16. The van der Waals surface area contributed by atoms with Crippen LogP contribution in [0.15, 0.2) is 54.6 Å². The molecule has 1 aliphatic rings. The number of morpholine rings is 1. The summed E-state index contributed by atoms with van der Waals surface area (Å²) in [6.45, 7) is 5.31. The van der Waals surface area contributed by atoms with Gasteiger partial charge in [-0.05, 0) is 31.5 Å². The van der Waals surface area contributed by atoms with Crippen molar-refractivity contribution in [2.24, 2.45) is 0 Å². The summed E-state index contributed by atoms with van der Waals surface area (Å²) in [7, 11) is 0. The first kappa shape index (κ1) is 15.8. The Morgan fingerprint density at radius 3 is 2.52 bits per heavy atom. The number of hydrogen-bond acceptors (Lipinski definition) is 2. The van der Waals surface area contributed by atoms with Gasteiger partial charge < -0.3 is 9.64 Å². The van der Waals surface area contributed by atoms with E-state index >= 15 is 0 Å². The Hall–Kier alpha value is -2.13. The zero-order chi connectivity index (χ0) is 16.2. The van der Waals surface area contributed by atoms with E-state index in [1.807, 2.05) is 61.2 Å². The van der Waals surface area contributed by atoms with Gasteiger partial charge in [0, 0.05) is 18.5 Å². The van der Waals surface area contributed by atoms with Crippen LogP contribution in [0.25, 0.3) is 0 Å². The molecule has 1 aliphatic heterocycles. The number of ether oxygens (including phenoxy) is 1. The third-order valence-corrected chi connectivity index (χ3v) is 4.37. The minimum atomic E-state index is 0.0583. The number of carbonyl (C=O) groups is 1. The largest absolute Gasteiger partial charge is 0.374 e. The fourth-order valence-electron chi connectivity index (χ4n) is 2.96. The zero-order valence-electron chi connectivity index (χ0n) is 13.7.